The van der Waals surface area contributed by atoms with Crippen LogP contribution in [0.3, 0.4) is 0 Å². The molecule has 1 aromatic rings. The second-order valence-electron chi connectivity index (χ2n) is 5.76. The predicted molar refractivity (Wildman–Crippen MR) is 80.5 cm³/mol. The molecule has 0 aliphatic heterocycles. The van der Waals surface area contributed by atoms with Crippen molar-refractivity contribution in [3.63, 3.8) is 0 Å². The molecule has 4 heteroatoms. The molecule has 1 aromatic heterocycles. The maximum atomic E-state index is 6.43. The largest absolute Gasteiger partial charge is 0.330 e. The Morgan fingerprint density at radius 1 is 1.26 bits per heavy atom. The smallest absolute Gasteiger partial charge is 0.0847 e. The molecular formula is C15H26ClN3. The van der Waals surface area contributed by atoms with E-state index in [-0.39, 0.29) is 0 Å². The van der Waals surface area contributed by atoms with Crippen molar-refractivity contribution in [2.75, 3.05) is 6.54 Å². The summed E-state index contributed by atoms with van der Waals surface area (Å²) in [4.78, 5) is 0. The van der Waals surface area contributed by atoms with Crippen molar-refractivity contribution < 1.29 is 0 Å². The molecule has 2 rings (SSSR count). The molecule has 0 bridgehead atoms. The molecule has 0 aromatic carbocycles. The van der Waals surface area contributed by atoms with Crippen molar-refractivity contribution in [1.29, 1.82) is 0 Å². The highest BCUT2D eigenvalue weighted by Gasteiger charge is 2.25. The average molecular weight is 284 g/mol. The number of rotatable bonds is 4. The van der Waals surface area contributed by atoms with Crippen molar-refractivity contribution in [2.24, 2.45) is 17.6 Å². The highest BCUT2D eigenvalue weighted by atomic mass is 35.5. The maximum absolute atomic E-state index is 6.43. The molecule has 2 N–H and O–H groups in total. The van der Waals surface area contributed by atoms with Crippen LogP contribution in [-0.2, 0) is 13.0 Å². The van der Waals surface area contributed by atoms with E-state index >= 15 is 0 Å². The van der Waals surface area contributed by atoms with Crippen LogP contribution in [0.2, 0.25) is 5.02 Å². The molecule has 1 aliphatic carbocycles. The van der Waals surface area contributed by atoms with Gasteiger partial charge in [-0.1, -0.05) is 30.9 Å². The summed E-state index contributed by atoms with van der Waals surface area (Å²) in [5.41, 5.74) is 8.15. The van der Waals surface area contributed by atoms with Gasteiger partial charge >= 0.3 is 0 Å². The van der Waals surface area contributed by atoms with Gasteiger partial charge in [0.15, 0.2) is 0 Å². The number of nitrogens with two attached hydrogens (primary N) is 1. The van der Waals surface area contributed by atoms with Crippen LogP contribution in [0, 0.1) is 18.8 Å². The number of hydrogen-bond donors (Lipinski definition) is 1. The van der Waals surface area contributed by atoms with Crippen LogP contribution in [0.4, 0.5) is 0 Å². The molecule has 19 heavy (non-hydrogen) atoms. The summed E-state index contributed by atoms with van der Waals surface area (Å²) < 4.78 is 2.07. The van der Waals surface area contributed by atoms with E-state index in [0.717, 1.165) is 30.2 Å². The van der Waals surface area contributed by atoms with Crippen molar-refractivity contribution in [3.8, 4) is 0 Å². The van der Waals surface area contributed by atoms with Gasteiger partial charge in [0.1, 0.15) is 0 Å². The fourth-order valence-corrected chi connectivity index (χ4v) is 3.57. The van der Waals surface area contributed by atoms with Gasteiger partial charge in [-0.3, -0.25) is 4.68 Å². The Morgan fingerprint density at radius 2 is 1.95 bits per heavy atom. The lowest BCUT2D eigenvalue weighted by Gasteiger charge is -2.24. The molecule has 2 atom stereocenters. The van der Waals surface area contributed by atoms with Crippen molar-refractivity contribution in [2.45, 2.75) is 58.9 Å². The second-order valence-corrected chi connectivity index (χ2v) is 6.14. The third-order valence-corrected chi connectivity index (χ3v) is 5.02. The van der Waals surface area contributed by atoms with E-state index in [1.807, 2.05) is 6.92 Å². The van der Waals surface area contributed by atoms with Gasteiger partial charge < -0.3 is 5.73 Å². The number of aromatic nitrogens is 2. The van der Waals surface area contributed by atoms with E-state index in [4.69, 9.17) is 17.3 Å². The third kappa shape index (κ3) is 3.32. The van der Waals surface area contributed by atoms with Crippen molar-refractivity contribution >= 4 is 11.6 Å². The summed E-state index contributed by atoms with van der Waals surface area (Å²) in [6.07, 6.45) is 7.61. The fraction of sp³-hybridized carbons (Fsp3) is 0.800. The Kier molecular flexibility index (Phi) is 5.28. The highest BCUT2D eigenvalue weighted by Crippen LogP contribution is 2.33. The van der Waals surface area contributed by atoms with E-state index in [1.54, 1.807) is 0 Å². The fourth-order valence-electron chi connectivity index (χ4n) is 3.35. The molecule has 1 fully saturated rings. The molecule has 1 aliphatic rings. The maximum Gasteiger partial charge on any atom is 0.0847 e. The molecule has 1 heterocycles. The Hall–Kier alpha value is -0.540. The van der Waals surface area contributed by atoms with Gasteiger partial charge in [0, 0.05) is 6.54 Å². The number of hydrogen-bond acceptors (Lipinski definition) is 2. The van der Waals surface area contributed by atoms with E-state index in [1.165, 1.54) is 37.8 Å². The topological polar surface area (TPSA) is 43.8 Å². The van der Waals surface area contributed by atoms with Gasteiger partial charge in [0.25, 0.3) is 0 Å². The minimum atomic E-state index is 0.652. The Morgan fingerprint density at radius 3 is 2.58 bits per heavy atom. The summed E-state index contributed by atoms with van der Waals surface area (Å²) in [6.45, 7) is 5.82. The van der Waals surface area contributed by atoms with Gasteiger partial charge in [-0.2, -0.15) is 5.10 Å². The van der Waals surface area contributed by atoms with E-state index in [2.05, 4.69) is 16.7 Å². The van der Waals surface area contributed by atoms with E-state index in [9.17, 15) is 0 Å². The minimum absolute atomic E-state index is 0.652. The van der Waals surface area contributed by atoms with Gasteiger partial charge in [0.05, 0.1) is 16.4 Å². The Labute approximate surface area is 121 Å². The number of aryl methyl sites for hydroxylation is 2. The number of halogens is 1. The molecule has 1 saturated carbocycles. The summed E-state index contributed by atoms with van der Waals surface area (Å²) in [5.74, 6) is 1.32. The number of nitrogens with zero attached hydrogens (tertiary/aromatic N) is 2. The summed E-state index contributed by atoms with van der Waals surface area (Å²) in [6, 6.07) is 0. The third-order valence-electron chi connectivity index (χ3n) is 4.53. The quantitative estimate of drug-likeness (QED) is 0.859. The zero-order chi connectivity index (χ0) is 13.8. The molecule has 2 unspecified atom stereocenters. The molecular weight excluding hydrogens is 258 g/mol. The van der Waals surface area contributed by atoms with Gasteiger partial charge in [-0.05, 0) is 51.5 Å². The molecule has 0 saturated heterocycles. The van der Waals surface area contributed by atoms with E-state index < -0.39 is 0 Å². The Bertz CT molecular complexity index is 414. The summed E-state index contributed by atoms with van der Waals surface area (Å²) >= 11 is 6.43. The van der Waals surface area contributed by atoms with E-state index in [0.29, 0.717) is 11.8 Å². The summed E-state index contributed by atoms with van der Waals surface area (Å²) in [5, 5.41) is 5.38. The monoisotopic (exact) mass is 283 g/mol. The van der Waals surface area contributed by atoms with Crippen LogP contribution in [0.15, 0.2) is 0 Å². The minimum Gasteiger partial charge on any atom is -0.330 e. The molecule has 3 nitrogen and oxygen atoms in total. The van der Waals surface area contributed by atoms with Crippen LogP contribution in [0.1, 0.15) is 50.4 Å². The first-order chi connectivity index (χ1) is 9.17. The second kappa shape index (κ2) is 6.76. The highest BCUT2D eigenvalue weighted by molar-refractivity contribution is 6.31. The zero-order valence-corrected chi connectivity index (χ0v) is 12.9. The first-order valence-corrected chi connectivity index (χ1v) is 7.97. The first-order valence-electron chi connectivity index (χ1n) is 7.59. The van der Waals surface area contributed by atoms with Crippen molar-refractivity contribution in [3.05, 3.63) is 16.4 Å². The van der Waals surface area contributed by atoms with Crippen LogP contribution in [-0.4, -0.2) is 16.3 Å². The average Bonchev–Trinajstić information content (AvgIpc) is 2.60. The van der Waals surface area contributed by atoms with Crippen LogP contribution in [0.5, 0.6) is 0 Å². The normalized spacial score (nSPS) is 24.4. The lowest BCUT2D eigenvalue weighted by molar-refractivity contribution is 0.312. The van der Waals surface area contributed by atoms with Gasteiger partial charge in [-0.25, -0.2) is 0 Å². The molecule has 108 valence electrons. The molecule has 0 spiro atoms. The molecule has 0 radical (unpaired) electrons. The van der Waals surface area contributed by atoms with Crippen LogP contribution in [0.25, 0.3) is 0 Å². The standard InChI is InChI=1S/C15H26ClN3/c1-3-19-14(15(16)11(2)18-19)9-12-7-5-4-6-8-13(12)10-17/h12-13H,3-10,17H2,1-2H3. The van der Waals surface area contributed by atoms with Gasteiger partial charge in [-0.15, -0.1) is 0 Å². The lowest BCUT2D eigenvalue weighted by atomic mass is 9.84. The first kappa shape index (κ1) is 14.9. The van der Waals surface area contributed by atoms with Crippen LogP contribution < -0.4 is 5.73 Å². The Balaban J connectivity index is 2.18. The van der Waals surface area contributed by atoms with Crippen LogP contribution >= 0.6 is 11.6 Å². The lowest BCUT2D eigenvalue weighted by Crippen LogP contribution is -2.25. The van der Waals surface area contributed by atoms with Crippen molar-refractivity contribution in [1.82, 2.24) is 9.78 Å². The SMILES string of the molecule is CCn1nc(C)c(Cl)c1CC1CCCCCC1CN. The van der Waals surface area contributed by atoms with Gasteiger partial charge in [0.2, 0.25) is 0 Å². The molecule has 0 amide bonds. The zero-order valence-electron chi connectivity index (χ0n) is 12.2. The summed E-state index contributed by atoms with van der Waals surface area (Å²) in [7, 11) is 0. The predicted octanol–water partition coefficient (Wildman–Crippen LogP) is 3.56.